The summed E-state index contributed by atoms with van der Waals surface area (Å²) in [5, 5.41) is 9.06. The summed E-state index contributed by atoms with van der Waals surface area (Å²) in [5.74, 6) is 0.750. The molecule has 1 aromatic carbocycles. The molecule has 0 heterocycles. The molecule has 1 saturated carbocycles. The van der Waals surface area contributed by atoms with Crippen LogP contribution in [0.15, 0.2) is 18.2 Å². The first-order valence-electron chi connectivity index (χ1n) is 6.84. The van der Waals surface area contributed by atoms with Crippen LogP contribution < -0.4 is 4.74 Å². The zero-order chi connectivity index (χ0) is 14.0. The Morgan fingerprint density at radius 1 is 1.42 bits per heavy atom. The van der Waals surface area contributed by atoms with E-state index in [1.807, 2.05) is 39.0 Å². The highest BCUT2D eigenvalue weighted by Gasteiger charge is 2.29. The van der Waals surface area contributed by atoms with Crippen molar-refractivity contribution in [2.24, 2.45) is 5.92 Å². The number of aryl methyl sites for hydroxylation is 1. The molecule has 1 N–H and O–H groups in total. The Kier molecular flexibility index (Phi) is 3.83. The molecule has 0 spiro atoms. The molecule has 1 fully saturated rings. The largest absolute Gasteiger partial charge is 0.493 e. The molecule has 0 amide bonds. The maximum absolute atomic E-state index is 11.0. The molecule has 0 aromatic heterocycles. The lowest BCUT2D eigenvalue weighted by molar-refractivity contribution is -0.138. The van der Waals surface area contributed by atoms with Gasteiger partial charge in [-0.1, -0.05) is 31.5 Å². The fraction of sp³-hybridized carbons (Fsp3) is 0.562. The minimum atomic E-state index is -0.778. The van der Waals surface area contributed by atoms with Gasteiger partial charge in [0.2, 0.25) is 0 Å². The van der Waals surface area contributed by atoms with Gasteiger partial charge < -0.3 is 9.84 Å². The third-order valence-electron chi connectivity index (χ3n) is 3.63. The van der Waals surface area contributed by atoms with Crippen molar-refractivity contribution in [3.8, 4) is 5.75 Å². The van der Waals surface area contributed by atoms with Crippen LogP contribution in [-0.4, -0.2) is 17.7 Å². The van der Waals surface area contributed by atoms with E-state index in [1.165, 1.54) is 12.8 Å². The number of ether oxygens (including phenoxy) is 1. The van der Waals surface area contributed by atoms with Crippen molar-refractivity contribution in [1.82, 2.24) is 0 Å². The van der Waals surface area contributed by atoms with Gasteiger partial charge in [0.05, 0.1) is 13.0 Å². The van der Waals surface area contributed by atoms with Crippen molar-refractivity contribution < 1.29 is 14.6 Å². The van der Waals surface area contributed by atoms with Crippen LogP contribution in [0.1, 0.15) is 44.2 Å². The van der Waals surface area contributed by atoms with Crippen LogP contribution in [0.3, 0.4) is 0 Å². The lowest BCUT2D eigenvalue weighted by atomic mass is 9.80. The number of carboxylic acids is 1. The van der Waals surface area contributed by atoms with Crippen molar-refractivity contribution >= 4 is 5.97 Å². The van der Waals surface area contributed by atoms with Gasteiger partial charge in [-0.3, -0.25) is 4.79 Å². The molecule has 3 heteroatoms. The van der Waals surface area contributed by atoms with Crippen molar-refractivity contribution in [1.29, 1.82) is 0 Å². The van der Waals surface area contributed by atoms with Gasteiger partial charge in [0.25, 0.3) is 0 Å². The molecule has 0 unspecified atom stereocenters. The zero-order valence-electron chi connectivity index (χ0n) is 11.9. The molecule has 0 atom stereocenters. The Bertz CT molecular complexity index is 473. The highest BCUT2D eigenvalue weighted by atomic mass is 16.5. The predicted octanol–water partition coefficient (Wildman–Crippen LogP) is 3.54. The predicted molar refractivity (Wildman–Crippen MR) is 74.7 cm³/mol. The highest BCUT2D eigenvalue weighted by Crippen LogP contribution is 2.37. The third-order valence-corrected chi connectivity index (χ3v) is 3.63. The van der Waals surface area contributed by atoms with E-state index < -0.39 is 11.4 Å². The molecule has 0 aliphatic heterocycles. The molecular formula is C16H22O3. The van der Waals surface area contributed by atoms with E-state index in [9.17, 15) is 4.79 Å². The average molecular weight is 262 g/mol. The minimum Gasteiger partial charge on any atom is -0.493 e. The molecule has 0 bridgehead atoms. The fourth-order valence-electron chi connectivity index (χ4n) is 2.26. The second kappa shape index (κ2) is 5.24. The summed E-state index contributed by atoms with van der Waals surface area (Å²) in [6.07, 6.45) is 2.61. The van der Waals surface area contributed by atoms with E-state index in [0.717, 1.165) is 23.5 Å². The van der Waals surface area contributed by atoms with E-state index in [0.29, 0.717) is 5.92 Å². The maximum atomic E-state index is 11.0. The van der Waals surface area contributed by atoms with Crippen molar-refractivity contribution in [2.45, 2.75) is 45.4 Å². The van der Waals surface area contributed by atoms with Gasteiger partial charge in [-0.2, -0.15) is 0 Å². The van der Waals surface area contributed by atoms with Gasteiger partial charge >= 0.3 is 5.97 Å². The van der Waals surface area contributed by atoms with Gasteiger partial charge in [0, 0.05) is 11.0 Å². The monoisotopic (exact) mass is 262 g/mol. The van der Waals surface area contributed by atoms with E-state index in [1.54, 1.807) is 0 Å². The maximum Gasteiger partial charge on any atom is 0.304 e. The summed E-state index contributed by atoms with van der Waals surface area (Å²) in [5.41, 5.74) is 1.71. The average Bonchev–Trinajstić information content (AvgIpc) is 3.09. The first-order valence-corrected chi connectivity index (χ1v) is 6.84. The molecule has 0 radical (unpaired) electrons. The molecule has 0 saturated heterocycles. The van der Waals surface area contributed by atoms with Crippen molar-refractivity contribution in [3.63, 3.8) is 0 Å². The van der Waals surface area contributed by atoms with Crippen LogP contribution >= 0.6 is 0 Å². The van der Waals surface area contributed by atoms with E-state index >= 15 is 0 Å². The first kappa shape index (κ1) is 13.9. The third kappa shape index (κ3) is 3.72. The van der Waals surface area contributed by atoms with Crippen LogP contribution in [0.4, 0.5) is 0 Å². The van der Waals surface area contributed by atoms with Gasteiger partial charge in [0.15, 0.2) is 0 Å². The van der Waals surface area contributed by atoms with Crippen molar-refractivity contribution in [3.05, 3.63) is 29.3 Å². The summed E-state index contributed by atoms with van der Waals surface area (Å²) in [7, 11) is 0. The molecule has 3 nitrogen and oxygen atoms in total. The number of aliphatic carboxylic acids is 1. The van der Waals surface area contributed by atoms with E-state index in [4.69, 9.17) is 9.84 Å². The Morgan fingerprint density at radius 2 is 2.11 bits per heavy atom. The molecule has 19 heavy (non-hydrogen) atoms. The zero-order valence-corrected chi connectivity index (χ0v) is 11.9. The Balaban J connectivity index is 2.24. The standard InChI is InChI=1S/C16H22O3/c1-11-4-7-14(19-10-12-5-6-12)13(8-11)16(2,3)9-15(17)18/h4,7-8,12H,5-6,9-10H2,1-3H3,(H,17,18). The number of carboxylic acid groups (broad SMARTS) is 1. The van der Waals surface area contributed by atoms with Gasteiger partial charge in [0.1, 0.15) is 5.75 Å². The number of hydrogen-bond donors (Lipinski definition) is 1. The van der Waals surface area contributed by atoms with Gasteiger partial charge in [-0.15, -0.1) is 0 Å². The molecule has 104 valence electrons. The van der Waals surface area contributed by atoms with Crippen LogP contribution in [0, 0.1) is 12.8 Å². The van der Waals surface area contributed by atoms with E-state index in [2.05, 4.69) is 0 Å². The normalized spacial score (nSPS) is 15.3. The lowest BCUT2D eigenvalue weighted by Gasteiger charge is -2.26. The Labute approximate surface area is 114 Å². The topological polar surface area (TPSA) is 46.5 Å². The molecule has 1 aromatic rings. The van der Waals surface area contributed by atoms with E-state index in [-0.39, 0.29) is 6.42 Å². The number of carbonyl (C=O) groups is 1. The van der Waals surface area contributed by atoms with Crippen LogP contribution in [0.5, 0.6) is 5.75 Å². The van der Waals surface area contributed by atoms with Crippen LogP contribution in [0.2, 0.25) is 0 Å². The summed E-state index contributed by atoms with van der Waals surface area (Å²) >= 11 is 0. The number of hydrogen-bond acceptors (Lipinski definition) is 2. The molecule has 1 aliphatic carbocycles. The van der Waals surface area contributed by atoms with Crippen LogP contribution in [0.25, 0.3) is 0 Å². The SMILES string of the molecule is Cc1ccc(OCC2CC2)c(C(C)(C)CC(=O)O)c1. The number of rotatable bonds is 6. The highest BCUT2D eigenvalue weighted by molar-refractivity contribution is 5.69. The quantitative estimate of drug-likeness (QED) is 0.853. The summed E-state index contributed by atoms with van der Waals surface area (Å²) in [6.45, 7) is 6.68. The van der Waals surface area contributed by atoms with Crippen molar-refractivity contribution in [2.75, 3.05) is 6.61 Å². The smallest absolute Gasteiger partial charge is 0.304 e. The summed E-state index contributed by atoms with van der Waals surface area (Å²) < 4.78 is 5.89. The fourth-order valence-corrected chi connectivity index (χ4v) is 2.26. The summed E-state index contributed by atoms with van der Waals surface area (Å²) in [4.78, 5) is 11.0. The summed E-state index contributed by atoms with van der Waals surface area (Å²) in [6, 6.07) is 6.03. The Morgan fingerprint density at radius 3 is 2.68 bits per heavy atom. The van der Waals surface area contributed by atoms with Crippen LogP contribution in [-0.2, 0) is 10.2 Å². The number of benzene rings is 1. The van der Waals surface area contributed by atoms with Gasteiger partial charge in [-0.05, 0) is 31.7 Å². The minimum absolute atomic E-state index is 0.107. The molecular weight excluding hydrogens is 240 g/mol. The Hall–Kier alpha value is -1.51. The molecule has 1 aliphatic rings. The van der Waals surface area contributed by atoms with Gasteiger partial charge in [-0.25, -0.2) is 0 Å². The second-order valence-corrected chi connectivity index (χ2v) is 6.21. The first-order chi connectivity index (χ1) is 8.88. The second-order valence-electron chi connectivity index (χ2n) is 6.21. The molecule has 2 rings (SSSR count). The lowest BCUT2D eigenvalue weighted by Crippen LogP contribution is -2.23.